The maximum Gasteiger partial charge on any atom is 0.319 e. The molecule has 7 heteroatoms. The van der Waals surface area contributed by atoms with Gasteiger partial charge in [0.2, 0.25) is 0 Å². The first-order chi connectivity index (χ1) is 16.2. The Bertz CT molecular complexity index is 1140. The number of ether oxygens (including phenoxy) is 1. The van der Waals surface area contributed by atoms with Gasteiger partial charge in [-0.2, -0.15) is 0 Å². The molecule has 2 aromatic carbocycles. The molecule has 3 aliphatic rings. The Morgan fingerprint density at radius 2 is 1.61 bits per heavy atom. The molecule has 168 valence electrons. The van der Waals surface area contributed by atoms with Gasteiger partial charge in [-0.1, -0.05) is 30.3 Å². The second-order valence-corrected chi connectivity index (χ2v) is 9.11. The van der Waals surface area contributed by atoms with Gasteiger partial charge in [-0.25, -0.2) is 14.8 Å². The minimum atomic E-state index is -0.156. The van der Waals surface area contributed by atoms with Gasteiger partial charge in [-0.15, -0.1) is 0 Å². The van der Waals surface area contributed by atoms with Crippen molar-refractivity contribution in [2.45, 2.75) is 43.9 Å². The third-order valence-electron chi connectivity index (χ3n) is 6.46. The van der Waals surface area contributed by atoms with E-state index in [0.29, 0.717) is 11.9 Å². The van der Waals surface area contributed by atoms with Crippen LogP contribution in [0.1, 0.15) is 25.7 Å². The first kappa shape index (κ1) is 20.2. The van der Waals surface area contributed by atoms with Gasteiger partial charge in [-0.3, -0.25) is 0 Å². The van der Waals surface area contributed by atoms with E-state index in [4.69, 9.17) is 14.7 Å². The second-order valence-electron chi connectivity index (χ2n) is 9.11. The summed E-state index contributed by atoms with van der Waals surface area (Å²) in [5, 5.41) is 5.84. The van der Waals surface area contributed by atoms with Crippen LogP contribution in [-0.2, 0) is 4.74 Å². The highest BCUT2D eigenvalue weighted by Crippen LogP contribution is 2.32. The van der Waals surface area contributed by atoms with Crippen LogP contribution in [-0.4, -0.2) is 47.3 Å². The van der Waals surface area contributed by atoms with Crippen LogP contribution in [0.25, 0.3) is 22.6 Å². The Morgan fingerprint density at radius 1 is 0.879 bits per heavy atom. The minimum absolute atomic E-state index is 0.156. The molecule has 7 nitrogen and oxygen atoms in total. The molecule has 1 saturated carbocycles. The molecule has 33 heavy (non-hydrogen) atoms. The van der Waals surface area contributed by atoms with Crippen molar-refractivity contribution in [3.63, 3.8) is 0 Å². The molecule has 0 radical (unpaired) electrons. The molecule has 3 aromatic rings. The van der Waals surface area contributed by atoms with Crippen molar-refractivity contribution < 1.29 is 9.53 Å². The number of fused-ring (bicyclic) bond motifs is 2. The van der Waals surface area contributed by atoms with Crippen LogP contribution < -0.4 is 15.5 Å². The lowest BCUT2D eigenvalue weighted by atomic mass is 10.1. The summed E-state index contributed by atoms with van der Waals surface area (Å²) in [5.74, 6) is 1.62. The predicted octanol–water partition coefficient (Wildman–Crippen LogP) is 4.46. The van der Waals surface area contributed by atoms with E-state index in [2.05, 4.69) is 33.7 Å². The van der Waals surface area contributed by atoms with Gasteiger partial charge < -0.3 is 20.3 Å². The Balaban J connectivity index is 1.30. The lowest BCUT2D eigenvalue weighted by Gasteiger charge is -2.33. The van der Waals surface area contributed by atoms with Crippen molar-refractivity contribution >= 4 is 17.5 Å². The molecule has 2 unspecified atom stereocenters. The molecule has 2 N–H and O–H groups in total. The number of nitrogens with zero attached hydrogens (tertiary/aromatic N) is 3. The number of anilines is 2. The van der Waals surface area contributed by atoms with Crippen molar-refractivity contribution in [2.75, 3.05) is 23.3 Å². The number of hydrogen-bond acceptors (Lipinski definition) is 5. The lowest BCUT2D eigenvalue weighted by molar-refractivity contribution is 0.0302. The quantitative estimate of drug-likeness (QED) is 0.611. The summed E-state index contributed by atoms with van der Waals surface area (Å²) < 4.78 is 6.03. The number of nitrogens with one attached hydrogen (secondary N) is 2. The van der Waals surface area contributed by atoms with Crippen LogP contribution >= 0.6 is 0 Å². The predicted molar refractivity (Wildman–Crippen MR) is 128 cm³/mol. The Labute approximate surface area is 193 Å². The normalized spacial score (nSPS) is 21.6. The van der Waals surface area contributed by atoms with Crippen molar-refractivity contribution in [1.82, 2.24) is 15.3 Å². The molecule has 2 saturated heterocycles. The zero-order chi connectivity index (χ0) is 22.2. The fourth-order valence-electron chi connectivity index (χ4n) is 4.57. The average Bonchev–Trinajstić information content (AvgIpc) is 3.60. The molecule has 6 rings (SSSR count). The highest BCUT2D eigenvalue weighted by molar-refractivity contribution is 5.89. The smallest absolute Gasteiger partial charge is 0.319 e. The molecule has 3 heterocycles. The Kier molecular flexibility index (Phi) is 5.19. The van der Waals surface area contributed by atoms with Crippen molar-refractivity contribution in [3.8, 4) is 22.6 Å². The monoisotopic (exact) mass is 441 g/mol. The Hall–Kier alpha value is -3.45. The maximum absolute atomic E-state index is 12.0. The van der Waals surface area contributed by atoms with Gasteiger partial charge in [0.05, 0.1) is 17.9 Å². The number of urea groups is 1. The van der Waals surface area contributed by atoms with Crippen LogP contribution in [0.2, 0.25) is 0 Å². The number of benzene rings is 2. The van der Waals surface area contributed by atoms with Gasteiger partial charge in [0.15, 0.2) is 5.82 Å². The highest BCUT2D eigenvalue weighted by atomic mass is 16.5. The van der Waals surface area contributed by atoms with Gasteiger partial charge in [0, 0.05) is 42.0 Å². The fraction of sp³-hybridized carbons (Fsp3) is 0.346. The van der Waals surface area contributed by atoms with Crippen molar-refractivity contribution in [3.05, 3.63) is 60.7 Å². The molecule has 1 aromatic heterocycles. The third kappa shape index (κ3) is 4.54. The van der Waals surface area contributed by atoms with E-state index in [9.17, 15) is 4.79 Å². The van der Waals surface area contributed by atoms with Crippen molar-refractivity contribution in [2.24, 2.45) is 0 Å². The van der Waals surface area contributed by atoms with E-state index in [1.165, 1.54) is 0 Å². The zero-order valence-electron chi connectivity index (χ0n) is 18.4. The summed E-state index contributed by atoms with van der Waals surface area (Å²) >= 11 is 0. The topological polar surface area (TPSA) is 79.4 Å². The van der Waals surface area contributed by atoms with E-state index >= 15 is 0 Å². The van der Waals surface area contributed by atoms with Crippen LogP contribution in [0.5, 0.6) is 0 Å². The largest absolute Gasteiger partial charge is 0.371 e. The minimum Gasteiger partial charge on any atom is -0.371 e. The van der Waals surface area contributed by atoms with Gasteiger partial charge in [0.1, 0.15) is 5.82 Å². The average molecular weight is 442 g/mol. The molecular weight excluding hydrogens is 414 g/mol. The van der Waals surface area contributed by atoms with Crippen LogP contribution in [0.15, 0.2) is 60.7 Å². The molecule has 2 aliphatic heterocycles. The van der Waals surface area contributed by atoms with Crippen LogP contribution in [0.4, 0.5) is 16.3 Å². The zero-order valence-corrected chi connectivity index (χ0v) is 18.4. The maximum atomic E-state index is 12.0. The standard InChI is InChI=1S/C26H27N5O2/c32-26(28-20-10-11-20)27-19-8-6-18(7-9-19)25-29-23(17-4-2-1-3-5-17)14-24(30-25)31-15-21-12-13-22(16-31)33-21/h1-9,14,20-22H,10-13,15-16H2,(H2,27,28,32). The second kappa shape index (κ2) is 8.48. The summed E-state index contributed by atoms with van der Waals surface area (Å²) in [6.45, 7) is 1.72. The molecule has 1 aliphatic carbocycles. The number of amides is 2. The van der Waals surface area contributed by atoms with E-state index in [1.54, 1.807) is 0 Å². The number of aromatic nitrogens is 2. The highest BCUT2D eigenvalue weighted by Gasteiger charge is 2.34. The molecule has 3 fully saturated rings. The number of rotatable bonds is 5. The van der Waals surface area contributed by atoms with Gasteiger partial charge >= 0.3 is 6.03 Å². The Morgan fingerprint density at radius 3 is 2.30 bits per heavy atom. The van der Waals surface area contributed by atoms with E-state index in [-0.39, 0.29) is 18.2 Å². The summed E-state index contributed by atoms with van der Waals surface area (Å²) in [7, 11) is 0. The third-order valence-corrected chi connectivity index (χ3v) is 6.46. The molecule has 2 bridgehead atoms. The summed E-state index contributed by atoms with van der Waals surface area (Å²) in [6.07, 6.45) is 4.94. The SMILES string of the molecule is O=C(Nc1ccc(-c2nc(-c3ccccc3)cc(N3CC4CCC(C3)O4)n2)cc1)NC1CC1. The van der Waals surface area contributed by atoms with Crippen molar-refractivity contribution in [1.29, 1.82) is 0 Å². The summed E-state index contributed by atoms with van der Waals surface area (Å²) in [5.41, 5.74) is 3.63. The van der Waals surface area contributed by atoms with E-state index in [0.717, 1.165) is 67.1 Å². The molecule has 2 amide bonds. The van der Waals surface area contributed by atoms with Gasteiger partial charge in [-0.05, 0) is 49.9 Å². The van der Waals surface area contributed by atoms with Gasteiger partial charge in [0.25, 0.3) is 0 Å². The number of morpholine rings is 1. The fourth-order valence-corrected chi connectivity index (χ4v) is 4.57. The number of carbonyl (C=O) groups is 1. The van der Waals surface area contributed by atoms with E-state index in [1.807, 2.05) is 42.5 Å². The van der Waals surface area contributed by atoms with Crippen LogP contribution in [0, 0.1) is 0 Å². The first-order valence-corrected chi connectivity index (χ1v) is 11.7. The van der Waals surface area contributed by atoms with E-state index < -0.39 is 0 Å². The summed E-state index contributed by atoms with van der Waals surface area (Å²) in [4.78, 5) is 24.2. The van der Waals surface area contributed by atoms with Crippen LogP contribution in [0.3, 0.4) is 0 Å². The first-order valence-electron chi connectivity index (χ1n) is 11.7. The number of hydrogen-bond donors (Lipinski definition) is 2. The summed E-state index contributed by atoms with van der Waals surface area (Å²) in [6, 6.07) is 20.2. The number of carbonyl (C=O) groups excluding carboxylic acids is 1. The molecule has 2 atom stereocenters. The lowest BCUT2D eigenvalue weighted by Crippen LogP contribution is -2.43. The molecular formula is C26H27N5O2. The molecule has 0 spiro atoms.